The van der Waals surface area contributed by atoms with Crippen LogP contribution in [0.3, 0.4) is 0 Å². The summed E-state index contributed by atoms with van der Waals surface area (Å²) in [5.74, 6) is 1.12. The van der Waals surface area contributed by atoms with E-state index in [2.05, 4.69) is 4.98 Å². The van der Waals surface area contributed by atoms with Gasteiger partial charge in [-0.3, -0.25) is 4.79 Å². The summed E-state index contributed by atoms with van der Waals surface area (Å²) in [5.41, 5.74) is 1.91. The Morgan fingerprint density at radius 1 is 1.00 bits per heavy atom. The fourth-order valence-corrected chi connectivity index (χ4v) is 2.96. The van der Waals surface area contributed by atoms with Gasteiger partial charge in [-0.15, -0.1) is 0 Å². The summed E-state index contributed by atoms with van der Waals surface area (Å²) in [5, 5.41) is 9.88. The molecule has 130 valence electrons. The molecule has 0 amide bonds. The zero-order valence-corrected chi connectivity index (χ0v) is 14.9. The number of hydrogen-bond acceptors (Lipinski definition) is 4. The molecule has 0 saturated carbocycles. The molecule has 3 rings (SSSR count). The van der Waals surface area contributed by atoms with Gasteiger partial charge < -0.3 is 14.5 Å². The first-order chi connectivity index (χ1) is 12.6. The molecule has 0 aliphatic heterocycles. The Kier molecular flexibility index (Phi) is 4.97. The summed E-state index contributed by atoms with van der Waals surface area (Å²) < 4.78 is 10.6. The zero-order chi connectivity index (χ0) is 18.7. The summed E-state index contributed by atoms with van der Waals surface area (Å²) in [4.78, 5) is 15.2. The summed E-state index contributed by atoms with van der Waals surface area (Å²) in [6.07, 6.45) is 0. The van der Waals surface area contributed by atoms with Crippen molar-refractivity contribution in [2.75, 3.05) is 14.2 Å². The number of aromatic amines is 1. The van der Waals surface area contributed by atoms with Gasteiger partial charge >= 0.3 is 0 Å². The second kappa shape index (κ2) is 7.34. The molecule has 1 N–H and O–H groups in total. The summed E-state index contributed by atoms with van der Waals surface area (Å²) >= 11 is 6.27. The highest BCUT2D eigenvalue weighted by Gasteiger charge is 2.15. The van der Waals surface area contributed by atoms with Gasteiger partial charge in [-0.05, 0) is 30.3 Å². The van der Waals surface area contributed by atoms with E-state index in [4.69, 9.17) is 21.1 Å². The predicted octanol–water partition coefficient (Wildman–Crippen LogP) is 4.25. The van der Waals surface area contributed by atoms with Crippen molar-refractivity contribution in [3.05, 3.63) is 69.5 Å². The number of nitrogens with zero attached hydrogens (tertiary/aromatic N) is 1. The zero-order valence-electron chi connectivity index (χ0n) is 14.2. The number of pyridine rings is 1. The molecule has 0 fully saturated rings. The lowest BCUT2D eigenvalue weighted by Crippen LogP contribution is -2.12. The number of ether oxygens (including phenoxy) is 2. The van der Waals surface area contributed by atoms with Gasteiger partial charge in [0.25, 0.3) is 5.56 Å². The molecule has 0 unspecified atom stereocenters. The Morgan fingerprint density at radius 2 is 1.73 bits per heavy atom. The summed E-state index contributed by atoms with van der Waals surface area (Å²) in [6.45, 7) is 0. The molecule has 0 radical (unpaired) electrons. The maximum absolute atomic E-state index is 12.5. The first kappa shape index (κ1) is 17.6. The SMILES string of the molecule is COc1ccc(-c2cc(-c3ccccc3Cl)c(C#N)c(=O)[nH]2)cc1OC. The highest BCUT2D eigenvalue weighted by molar-refractivity contribution is 6.33. The minimum absolute atomic E-state index is 0.0160. The minimum atomic E-state index is -0.477. The van der Waals surface area contributed by atoms with Gasteiger partial charge in [0, 0.05) is 27.4 Å². The number of methoxy groups -OCH3 is 2. The third-order valence-corrected chi connectivity index (χ3v) is 4.33. The molecular weight excluding hydrogens is 352 g/mol. The molecular formula is C20H15ClN2O3. The number of H-pyrrole nitrogens is 1. The van der Waals surface area contributed by atoms with Crippen molar-refractivity contribution in [1.29, 1.82) is 5.26 Å². The van der Waals surface area contributed by atoms with Gasteiger partial charge in [0.15, 0.2) is 11.5 Å². The van der Waals surface area contributed by atoms with E-state index in [1.54, 1.807) is 62.8 Å². The molecule has 0 spiro atoms. The number of nitrogens with one attached hydrogen (secondary N) is 1. The average molecular weight is 367 g/mol. The molecule has 0 saturated heterocycles. The van der Waals surface area contributed by atoms with Gasteiger partial charge in [0.1, 0.15) is 11.6 Å². The smallest absolute Gasteiger partial charge is 0.266 e. The number of rotatable bonds is 4. The normalized spacial score (nSPS) is 10.2. The van der Waals surface area contributed by atoms with Crippen LogP contribution in [0.25, 0.3) is 22.4 Å². The van der Waals surface area contributed by atoms with Crippen LogP contribution in [0.15, 0.2) is 53.3 Å². The maximum Gasteiger partial charge on any atom is 0.266 e. The van der Waals surface area contributed by atoms with E-state index in [-0.39, 0.29) is 5.56 Å². The molecule has 26 heavy (non-hydrogen) atoms. The molecule has 0 aliphatic rings. The van der Waals surface area contributed by atoms with Crippen LogP contribution in [-0.4, -0.2) is 19.2 Å². The molecule has 1 aromatic heterocycles. The van der Waals surface area contributed by atoms with Crippen LogP contribution < -0.4 is 15.0 Å². The highest BCUT2D eigenvalue weighted by atomic mass is 35.5. The van der Waals surface area contributed by atoms with Gasteiger partial charge in [0.05, 0.1) is 14.2 Å². The van der Waals surface area contributed by atoms with Gasteiger partial charge in [-0.1, -0.05) is 29.8 Å². The number of nitriles is 1. The van der Waals surface area contributed by atoms with Crippen molar-refractivity contribution in [1.82, 2.24) is 4.98 Å². The Morgan fingerprint density at radius 3 is 2.38 bits per heavy atom. The summed E-state index contributed by atoms with van der Waals surface area (Å²) in [6, 6.07) is 16.1. The van der Waals surface area contributed by atoms with Crippen molar-refractivity contribution < 1.29 is 9.47 Å². The van der Waals surface area contributed by atoms with Crippen LogP contribution in [0.1, 0.15) is 5.56 Å². The molecule has 0 aliphatic carbocycles. The van der Waals surface area contributed by atoms with Crippen LogP contribution in [0.2, 0.25) is 5.02 Å². The first-order valence-corrected chi connectivity index (χ1v) is 8.11. The quantitative estimate of drug-likeness (QED) is 0.748. The van der Waals surface area contributed by atoms with Crippen LogP contribution in [-0.2, 0) is 0 Å². The topological polar surface area (TPSA) is 75.1 Å². The lowest BCUT2D eigenvalue weighted by atomic mass is 9.99. The predicted molar refractivity (Wildman–Crippen MR) is 101 cm³/mol. The van der Waals surface area contributed by atoms with Crippen LogP contribution in [0, 0.1) is 11.3 Å². The number of aromatic nitrogens is 1. The number of halogens is 1. The third kappa shape index (κ3) is 3.15. The number of benzene rings is 2. The Balaban J connectivity index is 2.24. The monoisotopic (exact) mass is 366 g/mol. The van der Waals surface area contributed by atoms with Crippen molar-refractivity contribution in [2.45, 2.75) is 0 Å². The highest BCUT2D eigenvalue weighted by Crippen LogP contribution is 2.34. The van der Waals surface area contributed by atoms with Crippen molar-refractivity contribution in [3.8, 4) is 40.0 Å². The van der Waals surface area contributed by atoms with Crippen LogP contribution in [0.5, 0.6) is 11.5 Å². The van der Waals surface area contributed by atoms with Crippen molar-refractivity contribution >= 4 is 11.6 Å². The fraction of sp³-hybridized carbons (Fsp3) is 0.100. The van der Waals surface area contributed by atoms with E-state index in [1.165, 1.54) is 0 Å². The number of hydrogen-bond donors (Lipinski definition) is 1. The third-order valence-electron chi connectivity index (χ3n) is 4.00. The molecule has 2 aromatic carbocycles. The maximum atomic E-state index is 12.5. The van der Waals surface area contributed by atoms with Crippen molar-refractivity contribution in [3.63, 3.8) is 0 Å². The fourth-order valence-electron chi connectivity index (χ4n) is 2.72. The largest absolute Gasteiger partial charge is 0.493 e. The van der Waals surface area contributed by atoms with E-state index >= 15 is 0 Å². The van der Waals surface area contributed by atoms with Gasteiger partial charge in [0.2, 0.25) is 0 Å². The first-order valence-electron chi connectivity index (χ1n) is 7.73. The van der Waals surface area contributed by atoms with E-state index in [0.717, 1.165) is 5.56 Å². The second-order valence-electron chi connectivity index (χ2n) is 5.46. The molecule has 1 heterocycles. The molecule has 3 aromatic rings. The van der Waals surface area contributed by atoms with E-state index < -0.39 is 5.56 Å². The standard InChI is InChI=1S/C20H15ClN2O3/c1-25-18-8-7-12(9-19(18)26-2)17-10-14(15(11-22)20(24)23-17)13-5-3-4-6-16(13)21/h3-10H,1-2H3,(H,23,24). The molecule has 0 bridgehead atoms. The van der Waals surface area contributed by atoms with Crippen LogP contribution >= 0.6 is 11.6 Å². The van der Waals surface area contributed by atoms with Crippen molar-refractivity contribution in [2.24, 2.45) is 0 Å². The lowest BCUT2D eigenvalue weighted by Gasteiger charge is -2.12. The van der Waals surface area contributed by atoms with Gasteiger partial charge in [-0.25, -0.2) is 0 Å². The van der Waals surface area contributed by atoms with E-state index in [0.29, 0.717) is 33.3 Å². The van der Waals surface area contributed by atoms with E-state index in [9.17, 15) is 10.1 Å². The Labute approximate surface area is 155 Å². The Bertz CT molecular complexity index is 1070. The lowest BCUT2D eigenvalue weighted by molar-refractivity contribution is 0.355. The molecule has 6 heteroatoms. The summed E-state index contributed by atoms with van der Waals surface area (Å²) in [7, 11) is 3.09. The van der Waals surface area contributed by atoms with E-state index in [1.807, 2.05) is 6.07 Å². The van der Waals surface area contributed by atoms with Gasteiger partial charge in [-0.2, -0.15) is 5.26 Å². The molecule has 0 atom stereocenters. The minimum Gasteiger partial charge on any atom is -0.493 e. The second-order valence-corrected chi connectivity index (χ2v) is 5.87. The Hall–Kier alpha value is -3.23. The average Bonchev–Trinajstić information content (AvgIpc) is 2.67. The van der Waals surface area contributed by atoms with Crippen LogP contribution in [0.4, 0.5) is 0 Å². The molecule has 5 nitrogen and oxygen atoms in total.